The standard InChI is InChI=1S/C17H17N3O3S/c1-20(24(21,22)17-11-18-13-19-17)15-7-9-16(10-8-15)23-12-14-5-3-2-4-6-14/h2-11,13H,12H2,1H3,(H,18,19). The van der Waals surface area contributed by atoms with Crippen molar-refractivity contribution in [2.75, 3.05) is 11.4 Å². The zero-order valence-electron chi connectivity index (χ0n) is 13.1. The van der Waals surface area contributed by atoms with Crippen molar-refractivity contribution in [3.63, 3.8) is 0 Å². The molecule has 0 aliphatic heterocycles. The van der Waals surface area contributed by atoms with E-state index in [9.17, 15) is 8.42 Å². The van der Waals surface area contributed by atoms with E-state index in [1.165, 1.54) is 23.9 Å². The summed E-state index contributed by atoms with van der Waals surface area (Å²) in [6.07, 6.45) is 2.62. The van der Waals surface area contributed by atoms with Gasteiger partial charge in [-0.25, -0.2) is 4.98 Å². The summed E-state index contributed by atoms with van der Waals surface area (Å²) in [5.74, 6) is 0.676. The van der Waals surface area contributed by atoms with Crippen LogP contribution in [0.2, 0.25) is 0 Å². The third-order valence-electron chi connectivity index (χ3n) is 3.56. The Balaban J connectivity index is 1.70. The van der Waals surface area contributed by atoms with E-state index in [1.54, 1.807) is 24.3 Å². The number of rotatable bonds is 6. The average Bonchev–Trinajstić information content (AvgIpc) is 3.16. The number of nitrogens with zero attached hydrogens (tertiary/aromatic N) is 2. The van der Waals surface area contributed by atoms with Gasteiger partial charge in [0.25, 0.3) is 10.0 Å². The second-order valence-corrected chi connectivity index (χ2v) is 7.09. The summed E-state index contributed by atoms with van der Waals surface area (Å²) < 4.78 is 31.7. The molecule has 6 nitrogen and oxygen atoms in total. The van der Waals surface area contributed by atoms with Crippen molar-refractivity contribution in [1.82, 2.24) is 9.97 Å². The molecule has 0 saturated heterocycles. The maximum absolute atomic E-state index is 12.4. The highest BCUT2D eigenvalue weighted by molar-refractivity contribution is 7.92. The van der Waals surface area contributed by atoms with Gasteiger partial charge in [0.1, 0.15) is 12.4 Å². The third-order valence-corrected chi connectivity index (χ3v) is 5.27. The van der Waals surface area contributed by atoms with E-state index in [2.05, 4.69) is 9.97 Å². The third kappa shape index (κ3) is 3.41. The predicted molar refractivity (Wildman–Crippen MR) is 91.4 cm³/mol. The van der Waals surface area contributed by atoms with Gasteiger partial charge in [-0.3, -0.25) is 4.31 Å². The van der Waals surface area contributed by atoms with Crippen LogP contribution in [0.25, 0.3) is 0 Å². The first kappa shape index (κ1) is 16.1. The van der Waals surface area contributed by atoms with Crippen molar-refractivity contribution in [3.8, 4) is 5.75 Å². The number of ether oxygens (including phenoxy) is 1. The van der Waals surface area contributed by atoms with Crippen molar-refractivity contribution in [1.29, 1.82) is 0 Å². The van der Waals surface area contributed by atoms with Crippen molar-refractivity contribution in [2.24, 2.45) is 0 Å². The Kier molecular flexibility index (Phi) is 4.52. The van der Waals surface area contributed by atoms with Crippen molar-refractivity contribution < 1.29 is 13.2 Å². The lowest BCUT2D eigenvalue weighted by atomic mass is 10.2. The number of aromatic amines is 1. The molecule has 0 bridgehead atoms. The van der Waals surface area contributed by atoms with Crippen LogP contribution in [0.3, 0.4) is 0 Å². The fourth-order valence-corrected chi connectivity index (χ4v) is 3.25. The minimum Gasteiger partial charge on any atom is -0.489 e. The summed E-state index contributed by atoms with van der Waals surface area (Å²) >= 11 is 0. The van der Waals surface area contributed by atoms with Gasteiger partial charge in [-0.2, -0.15) is 8.42 Å². The average molecular weight is 343 g/mol. The number of imidazole rings is 1. The summed E-state index contributed by atoms with van der Waals surface area (Å²) in [5.41, 5.74) is 1.61. The fraction of sp³-hybridized carbons (Fsp3) is 0.118. The van der Waals surface area contributed by atoms with Gasteiger partial charge < -0.3 is 9.72 Å². The van der Waals surface area contributed by atoms with Gasteiger partial charge in [0.2, 0.25) is 0 Å². The molecule has 0 radical (unpaired) electrons. The van der Waals surface area contributed by atoms with Gasteiger partial charge in [0, 0.05) is 7.05 Å². The van der Waals surface area contributed by atoms with Crippen LogP contribution in [0, 0.1) is 0 Å². The molecule has 0 amide bonds. The largest absolute Gasteiger partial charge is 0.489 e. The summed E-state index contributed by atoms with van der Waals surface area (Å²) in [6.45, 7) is 0.461. The van der Waals surface area contributed by atoms with E-state index in [0.29, 0.717) is 18.0 Å². The van der Waals surface area contributed by atoms with Gasteiger partial charge >= 0.3 is 0 Å². The molecule has 0 spiro atoms. The molecule has 1 aromatic heterocycles. The Hall–Kier alpha value is -2.80. The Bertz CT molecular complexity index is 877. The Morgan fingerprint density at radius 3 is 2.42 bits per heavy atom. The highest BCUT2D eigenvalue weighted by Gasteiger charge is 2.22. The minimum absolute atomic E-state index is 0.0504. The van der Waals surface area contributed by atoms with Gasteiger partial charge in [0.15, 0.2) is 5.03 Å². The summed E-state index contributed by atoms with van der Waals surface area (Å²) in [7, 11) is -2.15. The molecule has 3 rings (SSSR count). The van der Waals surface area contributed by atoms with E-state index >= 15 is 0 Å². The van der Waals surface area contributed by atoms with E-state index in [0.717, 1.165) is 5.56 Å². The molecule has 2 aromatic carbocycles. The van der Waals surface area contributed by atoms with Crippen LogP contribution in [0.4, 0.5) is 5.69 Å². The van der Waals surface area contributed by atoms with Gasteiger partial charge in [-0.15, -0.1) is 0 Å². The molecule has 0 aliphatic rings. The lowest BCUT2D eigenvalue weighted by Crippen LogP contribution is -2.26. The lowest BCUT2D eigenvalue weighted by molar-refractivity contribution is 0.306. The van der Waals surface area contributed by atoms with Gasteiger partial charge in [-0.1, -0.05) is 30.3 Å². The SMILES string of the molecule is CN(c1ccc(OCc2ccccc2)cc1)S(=O)(=O)c1cnc[nH]1. The monoisotopic (exact) mass is 343 g/mol. The second kappa shape index (κ2) is 6.76. The fourth-order valence-electron chi connectivity index (χ4n) is 2.16. The molecular formula is C17H17N3O3S. The van der Waals surface area contributed by atoms with Crippen LogP contribution in [0.5, 0.6) is 5.75 Å². The van der Waals surface area contributed by atoms with Gasteiger partial charge in [0.05, 0.1) is 18.2 Å². The Morgan fingerprint density at radius 1 is 1.08 bits per heavy atom. The van der Waals surface area contributed by atoms with Crippen molar-refractivity contribution in [2.45, 2.75) is 11.6 Å². The topological polar surface area (TPSA) is 75.3 Å². The number of aromatic nitrogens is 2. The lowest BCUT2D eigenvalue weighted by Gasteiger charge is -2.18. The first-order valence-electron chi connectivity index (χ1n) is 7.31. The molecule has 24 heavy (non-hydrogen) atoms. The van der Waals surface area contributed by atoms with E-state index < -0.39 is 10.0 Å². The molecule has 124 valence electrons. The maximum atomic E-state index is 12.4. The molecule has 0 atom stereocenters. The number of nitrogens with one attached hydrogen (secondary N) is 1. The van der Waals surface area contributed by atoms with E-state index in [1.807, 2.05) is 30.3 Å². The quantitative estimate of drug-likeness (QED) is 0.747. The number of sulfonamides is 1. The molecule has 0 unspecified atom stereocenters. The number of hydrogen-bond donors (Lipinski definition) is 1. The molecule has 0 aliphatic carbocycles. The number of benzene rings is 2. The smallest absolute Gasteiger partial charge is 0.281 e. The summed E-state index contributed by atoms with van der Waals surface area (Å²) in [6, 6.07) is 16.7. The Labute approximate surface area is 140 Å². The number of H-pyrrole nitrogens is 1. The zero-order chi connectivity index (χ0) is 17.0. The first-order valence-corrected chi connectivity index (χ1v) is 8.75. The van der Waals surface area contributed by atoms with Crippen molar-refractivity contribution in [3.05, 3.63) is 72.7 Å². The zero-order valence-corrected chi connectivity index (χ0v) is 13.9. The maximum Gasteiger partial charge on any atom is 0.281 e. The van der Waals surface area contributed by atoms with Crippen molar-refractivity contribution >= 4 is 15.7 Å². The summed E-state index contributed by atoms with van der Waals surface area (Å²) in [5, 5.41) is 0.0504. The minimum atomic E-state index is -3.64. The van der Waals surface area contributed by atoms with Crippen LogP contribution >= 0.6 is 0 Å². The normalized spacial score (nSPS) is 11.2. The highest BCUT2D eigenvalue weighted by Crippen LogP contribution is 2.23. The molecular weight excluding hydrogens is 326 g/mol. The Morgan fingerprint density at radius 2 is 1.79 bits per heavy atom. The molecule has 1 N–H and O–H groups in total. The molecule has 3 aromatic rings. The van der Waals surface area contributed by atoms with Crippen LogP contribution < -0.4 is 9.04 Å². The molecule has 1 heterocycles. The second-order valence-electron chi connectivity index (χ2n) is 5.16. The van der Waals surface area contributed by atoms with E-state index in [4.69, 9.17) is 4.74 Å². The van der Waals surface area contributed by atoms with Crippen LogP contribution in [-0.2, 0) is 16.6 Å². The van der Waals surface area contributed by atoms with Crippen LogP contribution in [-0.4, -0.2) is 25.4 Å². The van der Waals surface area contributed by atoms with Crippen LogP contribution in [0.1, 0.15) is 5.56 Å². The predicted octanol–water partition coefficient (Wildman–Crippen LogP) is 2.81. The number of anilines is 1. The summed E-state index contributed by atoms with van der Waals surface area (Å²) in [4.78, 5) is 6.36. The molecule has 0 saturated carbocycles. The van der Waals surface area contributed by atoms with Gasteiger partial charge in [-0.05, 0) is 29.8 Å². The molecule has 7 heteroatoms. The molecule has 0 fully saturated rings. The first-order chi connectivity index (χ1) is 11.6. The number of hydrogen-bond acceptors (Lipinski definition) is 4. The van der Waals surface area contributed by atoms with Crippen LogP contribution in [0.15, 0.2) is 72.1 Å². The highest BCUT2D eigenvalue weighted by atomic mass is 32.2. The van der Waals surface area contributed by atoms with E-state index in [-0.39, 0.29) is 5.03 Å².